The number of benzene rings is 1. The highest BCUT2D eigenvalue weighted by Crippen LogP contribution is 2.38. The zero-order chi connectivity index (χ0) is 34.1. The molecule has 0 aliphatic carbocycles. The van der Waals surface area contributed by atoms with Gasteiger partial charge in [0, 0.05) is 28.4 Å². The van der Waals surface area contributed by atoms with Gasteiger partial charge in [0.25, 0.3) is 5.82 Å². The van der Waals surface area contributed by atoms with E-state index in [1.54, 1.807) is 0 Å². The van der Waals surface area contributed by atoms with Gasteiger partial charge in [-0.15, -0.1) is 5.10 Å². The minimum atomic E-state index is -3.05. The number of nitrogen functional groups attached to an aromatic ring is 1. The molecule has 1 amide bonds. The fraction of sp³-hybridized carbons (Fsp3) is 0.370. The van der Waals surface area contributed by atoms with Gasteiger partial charge in [-0.2, -0.15) is 0 Å². The number of esters is 1. The molecule has 1 aromatic carbocycles. The highest BCUT2D eigenvalue weighted by Gasteiger charge is 2.26. The number of ether oxygens (including phenoxy) is 3. The molecular formula is C27H31FN6O5. The third-order valence-corrected chi connectivity index (χ3v) is 5.29. The van der Waals surface area contributed by atoms with Gasteiger partial charge in [-0.1, -0.05) is 6.57 Å². The number of pyridine rings is 1. The maximum atomic E-state index is 14.1. The first-order valence-electron chi connectivity index (χ1n) is 14.5. The lowest BCUT2D eigenvalue weighted by Crippen LogP contribution is -2.34. The normalized spacial score (nSPS) is 14.8. The lowest BCUT2D eigenvalue weighted by molar-refractivity contribution is 0.0283. The summed E-state index contributed by atoms with van der Waals surface area (Å²) in [5.41, 5.74) is 4.72. The summed E-state index contributed by atoms with van der Waals surface area (Å²) < 4.78 is 78.0. The van der Waals surface area contributed by atoms with Crippen molar-refractivity contribution in [2.24, 2.45) is 6.98 Å². The number of halogens is 1. The van der Waals surface area contributed by atoms with Gasteiger partial charge < -0.3 is 29.7 Å². The summed E-state index contributed by atoms with van der Waals surface area (Å²) in [6.07, 6.45) is -1.05. The van der Waals surface area contributed by atoms with E-state index in [0.29, 0.717) is 9.58 Å². The number of anilines is 1. The minimum absolute atomic E-state index is 0.0255. The summed E-state index contributed by atoms with van der Waals surface area (Å²) in [4.78, 5) is 33.0. The van der Waals surface area contributed by atoms with Crippen LogP contribution >= 0.6 is 0 Å². The summed E-state index contributed by atoms with van der Waals surface area (Å²) >= 11 is 0. The van der Waals surface area contributed by atoms with E-state index in [2.05, 4.69) is 14.9 Å². The number of carbonyl (C=O) groups is 2. The van der Waals surface area contributed by atoms with Crippen LogP contribution in [-0.4, -0.2) is 51.4 Å². The number of hydrogen-bond donors (Lipinski definition) is 1. The van der Waals surface area contributed by atoms with E-state index in [1.807, 2.05) is 0 Å². The molecule has 39 heavy (non-hydrogen) atoms. The van der Waals surface area contributed by atoms with Crippen LogP contribution < -0.4 is 10.5 Å². The fourth-order valence-electron chi connectivity index (χ4n) is 3.60. The number of amides is 1. The molecule has 3 rings (SSSR count). The van der Waals surface area contributed by atoms with Crippen LogP contribution in [0.2, 0.25) is 0 Å². The second kappa shape index (κ2) is 11.4. The Balaban J connectivity index is 2.18. The molecule has 11 nitrogen and oxygen atoms in total. The minimum Gasteiger partial charge on any atom is -0.482 e. The SMILES string of the molecule is [2H]C([2H])([2H])N(Cc1nn(C([2H])([2H])[2H])c([N+]#[C-])c1-c1cnc(N)c(OC(C)c2cc(F)ccc2C(=O)OC)c1)C(=O)OC(C)(C)C. The standard InChI is InChI=1S/C27H31FN6O5/c1-15(19-12-17(28)9-10-18(19)25(35)37-8)38-21-11-16(13-31-23(21)29)22-20(32-34(7)24(22)30-5)14-33(6)26(36)39-27(2,3)4/h9-13,15H,14H2,1-4,6-8H3,(H2,29,31)/i6D3,7D3. The molecule has 0 radical (unpaired) electrons. The zero-order valence-electron chi connectivity index (χ0n) is 27.9. The number of hydrogen-bond acceptors (Lipinski definition) is 8. The maximum absolute atomic E-state index is 14.1. The summed E-state index contributed by atoms with van der Waals surface area (Å²) in [7, 11) is 1.16. The van der Waals surface area contributed by atoms with Crippen molar-refractivity contribution in [2.45, 2.75) is 45.9 Å². The first kappa shape index (κ1) is 21.3. The topological polar surface area (TPSA) is 126 Å². The van der Waals surface area contributed by atoms with E-state index in [-0.39, 0.29) is 39.5 Å². The largest absolute Gasteiger partial charge is 0.482 e. The van der Waals surface area contributed by atoms with E-state index >= 15 is 0 Å². The van der Waals surface area contributed by atoms with E-state index in [0.717, 1.165) is 19.2 Å². The monoisotopic (exact) mass is 544 g/mol. The quantitative estimate of drug-likeness (QED) is 0.324. The van der Waals surface area contributed by atoms with Gasteiger partial charge in [0.05, 0.1) is 30.3 Å². The van der Waals surface area contributed by atoms with Crippen LogP contribution in [0.3, 0.4) is 0 Å². The van der Waals surface area contributed by atoms with Crippen LogP contribution in [0.25, 0.3) is 16.0 Å². The fourth-order valence-corrected chi connectivity index (χ4v) is 3.60. The highest BCUT2D eigenvalue weighted by molar-refractivity contribution is 5.91. The molecular weight excluding hydrogens is 507 g/mol. The van der Waals surface area contributed by atoms with Crippen molar-refractivity contribution in [2.75, 3.05) is 19.8 Å². The second-order valence-corrected chi connectivity index (χ2v) is 9.33. The van der Waals surface area contributed by atoms with Gasteiger partial charge in [-0.3, -0.25) is 0 Å². The van der Waals surface area contributed by atoms with Crippen molar-refractivity contribution in [3.8, 4) is 16.9 Å². The van der Waals surface area contributed by atoms with E-state index in [1.165, 1.54) is 46.0 Å². The van der Waals surface area contributed by atoms with Gasteiger partial charge >= 0.3 is 12.1 Å². The average molecular weight is 545 g/mol. The molecule has 2 N–H and O–H groups in total. The second-order valence-electron chi connectivity index (χ2n) is 9.33. The number of aryl methyl sites for hydroxylation is 1. The lowest BCUT2D eigenvalue weighted by Gasteiger charge is -2.24. The molecule has 1 unspecified atom stereocenters. The summed E-state index contributed by atoms with van der Waals surface area (Å²) in [5.74, 6) is -2.17. The van der Waals surface area contributed by atoms with Crippen LogP contribution in [0.5, 0.6) is 5.75 Å². The van der Waals surface area contributed by atoms with Crippen LogP contribution in [0.1, 0.15) is 63.6 Å². The van der Waals surface area contributed by atoms with Crippen molar-refractivity contribution in [3.05, 3.63) is 64.5 Å². The number of nitrogens with zero attached hydrogens (tertiary/aromatic N) is 5. The summed E-state index contributed by atoms with van der Waals surface area (Å²) in [6, 6.07) is 4.68. The van der Waals surface area contributed by atoms with Gasteiger partial charge in [-0.05, 0) is 57.5 Å². The Hall–Kier alpha value is -4.66. The van der Waals surface area contributed by atoms with Gasteiger partial charge in [0.2, 0.25) is 0 Å². The Morgan fingerprint density at radius 3 is 2.69 bits per heavy atom. The third-order valence-electron chi connectivity index (χ3n) is 5.29. The van der Waals surface area contributed by atoms with Crippen LogP contribution in [0, 0.1) is 12.4 Å². The molecule has 0 saturated carbocycles. The van der Waals surface area contributed by atoms with Gasteiger partial charge in [0.1, 0.15) is 23.2 Å². The molecule has 2 aromatic heterocycles. The van der Waals surface area contributed by atoms with Crippen molar-refractivity contribution in [1.29, 1.82) is 0 Å². The van der Waals surface area contributed by atoms with Crippen LogP contribution in [0.4, 0.5) is 20.8 Å². The molecule has 0 spiro atoms. The van der Waals surface area contributed by atoms with E-state index < -0.39 is 55.9 Å². The maximum Gasteiger partial charge on any atom is 0.410 e. The average Bonchev–Trinajstić information content (AvgIpc) is 3.29. The van der Waals surface area contributed by atoms with Gasteiger partial charge in [0.15, 0.2) is 11.6 Å². The van der Waals surface area contributed by atoms with Crippen molar-refractivity contribution in [3.63, 3.8) is 0 Å². The predicted octanol–water partition coefficient (Wildman–Crippen LogP) is 5.05. The Labute approximate surface area is 234 Å². The lowest BCUT2D eigenvalue weighted by atomic mass is 10.0. The zero-order valence-corrected chi connectivity index (χ0v) is 21.9. The van der Waals surface area contributed by atoms with Crippen molar-refractivity contribution in [1.82, 2.24) is 19.7 Å². The number of carbonyl (C=O) groups excluding carboxylic acids is 2. The molecule has 2 heterocycles. The molecule has 12 heteroatoms. The Bertz CT molecular complexity index is 1640. The van der Waals surface area contributed by atoms with Crippen LogP contribution in [-0.2, 0) is 23.0 Å². The summed E-state index contributed by atoms with van der Waals surface area (Å²) in [5, 5.41) is 4.02. The number of methoxy groups -OCH3 is 1. The van der Waals surface area contributed by atoms with Crippen molar-refractivity contribution >= 4 is 23.7 Å². The molecule has 0 aliphatic rings. The smallest absolute Gasteiger partial charge is 0.410 e. The highest BCUT2D eigenvalue weighted by atomic mass is 19.1. The molecule has 1 atom stereocenters. The molecule has 0 saturated heterocycles. The van der Waals surface area contributed by atoms with Gasteiger partial charge in [-0.25, -0.2) is 23.6 Å². The predicted molar refractivity (Wildman–Crippen MR) is 142 cm³/mol. The molecule has 0 fully saturated rings. The number of rotatable bonds is 7. The number of aromatic nitrogens is 3. The number of nitrogens with two attached hydrogens (primary N) is 1. The van der Waals surface area contributed by atoms with Crippen LogP contribution in [0.15, 0.2) is 30.5 Å². The molecule has 0 bridgehead atoms. The van der Waals surface area contributed by atoms with Crippen molar-refractivity contribution < 1.29 is 36.4 Å². The Morgan fingerprint density at radius 2 is 2.08 bits per heavy atom. The summed E-state index contributed by atoms with van der Waals surface area (Å²) in [6.45, 7) is 7.05. The molecule has 206 valence electrons. The molecule has 3 aromatic rings. The first-order valence-corrected chi connectivity index (χ1v) is 11.5. The molecule has 0 aliphatic heterocycles. The Morgan fingerprint density at radius 1 is 1.33 bits per heavy atom. The van der Waals surface area contributed by atoms with E-state index in [9.17, 15) is 14.0 Å². The third kappa shape index (κ3) is 6.62. The first-order chi connectivity index (χ1) is 20.7. The van der Waals surface area contributed by atoms with E-state index in [4.69, 9.17) is 34.7 Å². The Kier molecular flexibility index (Phi) is 6.22.